The van der Waals surface area contributed by atoms with E-state index in [1.54, 1.807) is 12.1 Å². The van der Waals surface area contributed by atoms with E-state index in [0.29, 0.717) is 0 Å². The Labute approximate surface area is 122 Å². The third-order valence-electron chi connectivity index (χ3n) is 4.38. The number of likely N-dealkylation sites (tertiary alicyclic amines) is 1. The van der Waals surface area contributed by atoms with Crippen molar-refractivity contribution >= 4 is 0 Å². The van der Waals surface area contributed by atoms with Crippen LogP contribution in [-0.2, 0) is 0 Å². The van der Waals surface area contributed by atoms with Crippen LogP contribution >= 0.6 is 0 Å². The van der Waals surface area contributed by atoms with Crippen LogP contribution < -0.4 is 5.73 Å². The van der Waals surface area contributed by atoms with Crippen LogP contribution in [-0.4, -0.2) is 24.0 Å². The fourth-order valence-electron chi connectivity index (χ4n) is 3.22. The lowest BCUT2D eigenvalue weighted by atomic mass is 9.97. The molecule has 1 heterocycles. The number of hydrogen-bond donors (Lipinski definition) is 1. The highest BCUT2D eigenvalue weighted by Crippen LogP contribution is 2.23. The minimum Gasteiger partial charge on any atom is -0.324 e. The second-order valence-corrected chi connectivity index (χ2v) is 5.92. The SMILES string of the molecule is CCCC1CCCCN1CCC(N)c1cccc(F)c1. The van der Waals surface area contributed by atoms with Gasteiger partial charge in [0.25, 0.3) is 0 Å². The van der Waals surface area contributed by atoms with Crippen molar-refractivity contribution in [3.05, 3.63) is 35.6 Å². The van der Waals surface area contributed by atoms with E-state index in [9.17, 15) is 4.39 Å². The molecule has 1 aliphatic heterocycles. The van der Waals surface area contributed by atoms with Gasteiger partial charge in [0.05, 0.1) is 0 Å². The average molecular weight is 278 g/mol. The Morgan fingerprint density at radius 3 is 3.00 bits per heavy atom. The Morgan fingerprint density at radius 1 is 1.40 bits per heavy atom. The standard InChI is InChI=1S/C17H27FN2/c1-2-6-16-9-3-4-11-20(16)12-10-17(19)14-7-5-8-15(18)13-14/h5,7-8,13,16-17H,2-4,6,9-12,19H2,1H3. The van der Waals surface area contributed by atoms with Gasteiger partial charge in [-0.2, -0.15) is 0 Å². The summed E-state index contributed by atoms with van der Waals surface area (Å²) in [6, 6.07) is 7.37. The van der Waals surface area contributed by atoms with E-state index in [-0.39, 0.29) is 11.9 Å². The summed E-state index contributed by atoms with van der Waals surface area (Å²) in [6.07, 6.45) is 7.42. The summed E-state index contributed by atoms with van der Waals surface area (Å²) in [4.78, 5) is 2.59. The molecule has 3 heteroatoms. The molecule has 0 aromatic heterocycles. The minimum absolute atomic E-state index is 0.0603. The first kappa shape index (κ1) is 15.5. The van der Waals surface area contributed by atoms with Gasteiger partial charge in [-0.3, -0.25) is 0 Å². The Bertz CT molecular complexity index is 406. The summed E-state index contributed by atoms with van der Waals surface area (Å²) in [6.45, 7) is 4.48. The second kappa shape index (κ2) is 7.75. The number of rotatable bonds is 6. The van der Waals surface area contributed by atoms with E-state index >= 15 is 0 Å². The summed E-state index contributed by atoms with van der Waals surface area (Å²) in [5, 5.41) is 0. The molecule has 2 unspecified atom stereocenters. The lowest BCUT2D eigenvalue weighted by Gasteiger charge is -2.36. The maximum absolute atomic E-state index is 13.2. The molecule has 0 bridgehead atoms. The van der Waals surface area contributed by atoms with Gasteiger partial charge in [0.1, 0.15) is 5.82 Å². The molecule has 20 heavy (non-hydrogen) atoms. The molecule has 0 spiro atoms. The Balaban J connectivity index is 1.86. The van der Waals surface area contributed by atoms with Crippen molar-refractivity contribution in [3.8, 4) is 0 Å². The molecule has 2 N–H and O–H groups in total. The molecule has 0 aliphatic carbocycles. The fourth-order valence-corrected chi connectivity index (χ4v) is 3.22. The first-order chi connectivity index (χ1) is 9.70. The van der Waals surface area contributed by atoms with Crippen LogP contribution in [0.4, 0.5) is 4.39 Å². The van der Waals surface area contributed by atoms with Crippen molar-refractivity contribution in [1.29, 1.82) is 0 Å². The van der Waals surface area contributed by atoms with Crippen molar-refractivity contribution < 1.29 is 4.39 Å². The number of halogens is 1. The summed E-state index contributed by atoms with van der Waals surface area (Å²) < 4.78 is 13.2. The van der Waals surface area contributed by atoms with E-state index in [1.165, 1.54) is 44.7 Å². The molecule has 2 atom stereocenters. The first-order valence-corrected chi connectivity index (χ1v) is 7.95. The highest BCUT2D eigenvalue weighted by molar-refractivity contribution is 5.19. The van der Waals surface area contributed by atoms with Crippen LogP contribution in [0.5, 0.6) is 0 Å². The lowest BCUT2D eigenvalue weighted by Crippen LogP contribution is -2.40. The van der Waals surface area contributed by atoms with Crippen LogP contribution in [0.25, 0.3) is 0 Å². The molecule has 1 aromatic carbocycles. The smallest absolute Gasteiger partial charge is 0.123 e. The summed E-state index contributed by atoms with van der Waals surface area (Å²) in [5.41, 5.74) is 7.12. The largest absolute Gasteiger partial charge is 0.324 e. The molecule has 1 fully saturated rings. The zero-order chi connectivity index (χ0) is 14.4. The van der Waals surface area contributed by atoms with E-state index < -0.39 is 0 Å². The fraction of sp³-hybridized carbons (Fsp3) is 0.647. The summed E-state index contributed by atoms with van der Waals surface area (Å²) in [7, 11) is 0. The monoisotopic (exact) mass is 278 g/mol. The quantitative estimate of drug-likeness (QED) is 0.856. The van der Waals surface area contributed by atoms with Crippen LogP contribution in [0.1, 0.15) is 57.1 Å². The maximum atomic E-state index is 13.2. The molecule has 1 saturated heterocycles. The Morgan fingerprint density at radius 2 is 2.25 bits per heavy atom. The van der Waals surface area contributed by atoms with E-state index in [1.807, 2.05) is 6.07 Å². The molecular formula is C17H27FN2. The van der Waals surface area contributed by atoms with Gasteiger partial charge in [-0.1, -0.05) is 31.9 Å². The zero-order valence-electron chi connectivity index (χ0n) is 12.5. The molecule has 1 aromatic rings. The summed E-state index contributed by atoms with van der Waals surface area (Å²) in [5.74, 6) is -0.195. The van der Waals surface area contributed by atoms with Gasteiger partial charge in [0.15, 0.2) is 0 Å². The summed E-state index contributed by atoms with van der Waals surface area (Å²) >= 11 is 0. The number of benzene rings is 1. The van der Waals surface area contributed by atoms with E-state index in [0.717, 1.165) is 24.6 Å². The topological polar surface area (TPSA) is 29.3 Å². The van der Waals surface area contributed by atoms with Crippen molar-refractivity contribution in [2.45, 2.75) is 57.5 Å². The predicted octanol–water partition coefficient (Wildman–Crippen LogP) is 3.87. The van der Waals surface area contributed by atoms with Crippen LogP contribution in [0.15, 0.2) is 24.3 Å². The Kier molecular flexibility index (Phi) is 5.99. The van der Waals surface area contributed by atoms with Crippen LogP contribution in [0.3, 0.4) is 0 Å². The molecule has 112 valence electrons. The molecular weight excluding hydrogens is 251 g/mol. The lowest BCUT2D eigenvalue weighted by molar-refractivity contribution is 0.135. The molecule has 2 rings (SSSR count). The van der Waals surface area contributed by atoms with Gasteiger partial charge in [0, 0.05) is 18.6 Å². The molecule has 0 saturated carbocycles. The molecule has 0 amide bonds. The van der Waals surface area contributed by atoms with Gasteiger partial charge < -0.3 is 10.6 Å². The third-order valence-corrected chi connectivity index (χ3v) is 4.38. The maximum Gasteiger partial charge on any atom is 0.123 e. The van der Waals surface area contributed by atoms with Crippen LogP contribution in [0.2, 0.25) is 0 Å². The molecule has 1 aliphatic rings. The predicted molar refractivity (Wildman–Crippen MR) is 82.1 cm³/mol. The van der Waals surface area contributed by atoms with Crippen molar-refractivity contribution in [1.82, 2.24) is 4.90 Å². The van der Waals surface area contributed by atoms with Crippen molar-refractivity contribution in [3.63, 3.8) is 0 Å². The third kappa shape index (κ3) is 4.29. The second-order valence-electron chi connectivity index (χ2n) is 5.92. The number of piperidine rings is 1. The van der Waals surface area contributed by atoms with Gasteiger partial charge in [-0.15, -0.1) is 0 Å². The van der Waals surface area contributed by atoms with Crippen molar-refractivity contribution in [2.24, 2.45) is 5.73 Å². The van der Waals surface area contributed by atoms with Gasteiger partial charge in [-0.05, 0) is 49.9 Å². The number of nitrogens with two attached hydrogens (primary N) is 1. The average Bonchev–Trinajstić information content (AvgIpc) is 2.46. The Hall–Kier alpha value is -0.930. The van der Waals surface area contributed by atoms with E-state index in [2.05, 4.69) is 11.8 Å². The van der Waals surface area contributed by atoms with Gasteiger partial charge in [0.2, 0.25) is 0 Å². The van der Waals surface area contributed by atoms with Gasteiger partial charge >= 0.3 is 0 Å². The number of hydrogen-bond acceptors (Lipinski definition) is 2. The van der Waals surface area contributed by atoms with E-state index in [4.69, 9.17) is 5.73 Å². The normalized spacial score (nSPS) is 21.9. The molecule has 0 radical (unpaired) electrons. The highest BCUT2D eigenvalue weighted by atomic mass is 19.1. The van der Waals surface area contributed by atoms with Crippen molar-refractivity contribution in [2.75, 3.05) is 13.1 Å². The number of nitrogens with zero attached hydrogens (tertiary/aromatic N) is 1. The highest BCUT2D eigenvalue weighted by Gasteiger charge is 2.21. The van der Waals surface area contributed by atoms with Crippen LogP contribution in [0, 0.1) is 5.82 Å². The molecule has 2 nitrogen and oxygen atoms in total. The first-order valence-electron chi connectivity index (χ1n) is 7.95. The van der Waals surface area contributed by atoms with Gasteiger partial charge in [-0.25, -0.2) is 4.39 Å². The minimum atomic E-state index is -0.195. The zero-order valence-corrected chi connectivity index (χ0v) is 12.5.